The van der Waals surface area contributed by atoms with Crippen molar-refractivity contribution >= 4 is 23.6 Å². The maximum atomic E-state index is 14.3. The van der Waals surface area contributed by atoms with Gasteiger partial charge in [0.1, 0.15) is 0 Å². The van der Waals surface area contributed by atoms with Crippen LogP contribution in [0.5, 0.6) is 5.75 Å². The fourth-order valence-corrected chi connectivity index (χ4v) is 4.03. The van der Waals surface area contributed by atoms with Crippen LogP contribution in [0.25, 0.3) is 11.1 Å². The molecule has 0 bridgehead atoms. The Hall–Kier alpha value is -2.68. The maximum absolute atomic E-state index is 14.3. The van der Waals surface area contributed by atoms with E-state index in [-0.39, 0.29) is 16.9 Å². The zero-order valence-corrected chi connectivity index (χ0v) is 19.7. The van der Waals surface area contributed by atoms with E-state index in [2.05, 4.69) is 9.36 Å². The summed E-state index contributed by atoms with van der Waals surface area (Å²) in [6, 6.07) is 4.58. The van der Waals surface area contributed by atoms with Crippen LogP contribution in [0.15, 0.2) is 35.3 Å². The molecular weight excluding hydrogens is 505 g/mol. The van der Waals surface area contributed by atoms with Crippen LogP contribution >= 0.6 is 7.82 Å². The van der Waals surface area contributed by atoms with E-state index in [0.717, 1.165) is 30.9 Å². The third kappa shape index (κ3) is 5.87. The Labute approximate surface area is 192 Å². The van der Waals surface area contributed by atoms with E-state index in [1.165, 1.54) is 18.2 Å². The number of sulfone groups is 1. The van der Waals surface area contributed by atoms with Gasteiger partial charge in [-0.3, -0.25) is 14.8 Å². The molecule has 0 spiro atoms. The SMILES string of the molecule is COc1ccc(-c2ccn(CC[C@](C)(C(=O)N(O)OP(=O)(O)O)S(C)(=O)=O)c(=O)c2)c(F)c1F. The van der Waals surface area contributed by atoms with Crippen molar-refractivity contribution in [3.63, 3.8) is 0 Å². The average molecular weight is 526 g/mol. The summed E-state index contributed by atoms with van der Waals surface area (Å²) in [6.45, 7) is 0.448. The Balaban J connectivity index is 2.34. The highest BCUT2D eigenvalue weighted by Crippen LogP contribution is 2.38. The van der Waals surface area contributed by atoms with E-state index in [4.69, 9.17) is 9.79 Å². The predicted octanol–water partition coefficient (Wildman–Crippen LogP) is 1.24. The smallest absolute Gasteiger partial charge is 0.493 e. The number of ether oxygens (including phenoxy) is 1. The molecule has 188 valence electrons. The van der Waals surface area contributed by atoms with E-state index < -0.39 is 63.7 Å². The monoisotopic (exact) mass is 526 g/mol. The molecule has 3 N–H and O–H groups in total. The first-order chi connectivity index (χ1) is 15.5. The molecule has 1 amide bonds. The molecule has 1 atom stereocenters. The van der Waals surface area contributed by atoms with Gasteiger partial charge in [-0.15, -0.1) is 4.62 Å². The van der Waals surface area contributed by atoms with Gasteiger partial charge in [-0.25, -0.2) is 17.4 Å². The minimum absolute atomic E-state index is 0.0128. The highest BCUT2D eigenvalue weighted by Gasteiger charge is 2.47. The molecule has 16 heteroatoms. The minimum atomic E-state index is -5.39. The number of carbonyl (C=O) groups excluding carboxylic acids is 1. The van der Waals surface area contributed by atoms with Crippen molar-refractivity contribution in [2.45, 2.75) is 24.6 Å². The third-order valence-electron chi connectivity index (χ3n) is 5.03. The Bertz CT molecular complexity index is 1310. The standard InChI is InChI=1S/C18H21F2N2O10PS/c1-18(34(3,29)30,17(24)22(25)32-33(26,27)28)7-9-21-8-6-11(10-14(21)23)12-4-5-13(31-2)16(20)15(12)19/h4-6,8,10,25H,7,9H2,1-3H3,(H2,26,27,28)/t18-/m1/s1. The van der Waals surface area contributed by atoms with Gasteiger partial charge in [0, 0.05) is 30.6 Å². The van der Waals surface area contributed by atoms with Crippen LogP contribution in [0.2, 0.25) is 0 Å². The quantitative estimate of drug-likeness (QED) is 0.245. The molecule has 1 aromatic heterocycles. The number of benzene rings is 1. The molecule has 0 aliphatic rings. The first-order valence-corrected chi connectivity index (χ1v) is 12.6. The van der Waals surface area contributed by atoms with Crippen molar-refractivity contribution < 1.29 is 50.9 Å². The number of hydrogen-bond donors (Lipinski definition) is 3. The molecule has 2 aromatic rings. The fraction of sp³-hybridized carbons (Fsp3) is 0.333. The van der Waals surface area contributed by atoms with E-state index in [9.17, 15) is 36.6 Å². The number of aromatic nitrogens is 1. The van der Waals surface area contributed by atoms with Gasteiger partial charge in [0.05, 0.1) is 7.11 Å². The highest BCUT2D eigenvalue weighted by atomic mass is 32.2. The van der Waals surface area contributed by atoms with Crippen molar-refractivity contribution in [1.82, 2.24) is 9.79 Å². The highest BCUT2D eigenvalue weighted by molar-refractivity contribution is 7.92. The van der Waals surface area contributed by atoms with Crippen molar-refractivity contribution in [2.75, 3.05) is 13.4 Å². The number of nitrogens with zero attached hydrogens (tertiary/aromatic N) is 2. The van der Waals surface area contributed by atoms with Crippen LogP contribution in [0.3, 0.4) is 0 Å². The summed E-state index contributed by atoms with van der Waals surface area (Å²) >= 11 is 0. The molecule has 1 heterocycles. The summed E-state index contributed by atoms with van der Waals surface area (Å²) in [4.78, 5) is 42.3. The van der Waals surface area contributed by atoms with E-state index in [1.54, 1.807) is 0 Å². The van der Waals surface area contributed by atoms with E-state index >= 15 is 0 Å². The maximum Gasteiger partial charge on any atom is 0.493 e. The number of amides is 1. The third-order valence-corrected chi connectivity index (χ3v) is 7.41. The number of methoxy groups -OCH3 is 1. The molecule has 0 aliphatic carbocycles. The molecule has 0 fully saturated rings. The van der Waals surface area contributed by atoms with E-state index in [0.29, 0.717) is 6.26 Å². The molecule has 0 saturated heterocycles. The Morgan fingerprint density at radius 2 is 1.85 bits per heavy atom. The van der Waals surface area contributed by atoms with Crippen molar-refractivity contribution in [2.24, 2.45) is 0 Å². The van der Waals surface area contributed by atoms with E-state index in [1.807, 2.05) is 0 Å². The zero-order chi connectivity index (χ0) is 26.1. The normalized spacial score (nSPS) is 13.9. The number of pyridine rings is 1. The lowest BCUT2D eigenvalue weighted by Gasteiger charge is -2.29. The molecule has 0 unspecified atom stereocenters. The summed E-state index contributed by atoms with van der Waals surface area (Å²) in [7, 11) is -8.55. The molecule has 0 radical (unpaired) electrons. The number of carbonyl (C=O) groups is 1. The van der Waals surface area contributed by atoms with Crippen LogP contribution in [0.4, 0.5) is 8.78 Å². The second kappa shape index (κ2) is 9.90. The Morgan fingerprint density at radius 1 is 1.24 bits per heavy atom. The van der Waals surface area contributed by atoms with Crippen LogP contribution < -0.4 is 10.3 Å². The van der Waals surface area contributed by atoms with Crippen molar-refractivity contribution in [3.05, 3.63) is 52.5 Å². The van der Waals surface area contributed by atoms with Crippen molar-refractivity contribution in [3.8, 4) is 16.9 Å². The van der Waals surface area contributed by atoms with Gasteiger partial charge in [-0.2, -0.15) is 4.39 Å². The van der Waals surface area contributed by atoms with Crippen LogP contribution in [0, 0.1) is 11.6 Å². The largest absolute Gasteiger partial charge is 0.494 e. The average Bonchev–Trinajstić information content (AvgIpc) is 2.71. The van der Waals surface area contributed by atoms with Crippen LogP contribution in [-0.4, -0.2) is 57.2 Å². The lowest BCUT2D eigenvalue weighted by atomic mass is 10.0. The minimum Gasteiger partial charge on any atom is -0.494 e. The Kier molecular flexibility index (Phi) is 8.02. The molecular formula is C18H21F2N2O10PS. The molecule has 0 saturated carbocycles. The lowest BCUT2D eigenvalue weighted by molar-refractivity contribution is -0.274. The van der Waals surface area contributed by atoms with Gasteiger partial charge in [0.2, 0.25) is 5.82 Å². The first-order valence-electron chi connectivity index (χ1n) is 9.23. The number of aryl methyl sites for hydroxylation is 1. The zero-order valence-electron chi connectivity index (χ0n) is 18.0. The second-order valence-electron chi connectivity index (χ2n) is 7.29. The summed E-state index contributed by atoms with van der Waals surface area (Å²) in [5, 5.41) is 8.65. The number of halogens is 2. The topological polar surface area (TPSA) is 173 Å². The predicted molar refractivity (Wildman–Crippen MR) is 112 cm³/mol. The molecule has 0 aliphatic heterocycles. The second-order valence-corrected chi connectivity index (χ2v) is 10.9. The van der Waals surface area contributed by atoms with Gasteiger partial charge < -0.3 is 19.1 Å². The summed E-state index contributed by atoms with van der Waals surface area (Å²) in [6.07, 6.45) is 1.16. The van der Waals surface area contributed by atoms with Gasteiger partial charge >= 0.3 is 7.82 Å². The van der Waals surface area contributed by atoms with Gasteiger partial charge in [-0.05, 0) is 37.1 Å². The first kappa shape index (κ1) is 27.6. The lowest BCUT2D eigenvalue weighted by Crippen LogP contribution is -2.51. The Morgan fingerprint density at radius 3 is 2.35 bits per heavy atom. The van der Waals surface area contributed by atoms with Gasteiger partial charge in [-0.1, -0.05) is 5.23 Å². The van der Waals surface area contributed by atoms with Gasteiger partial charge in [0.15, 0.2) is 26.2 Å². The van der Waals surface area contributed by atoms with Crippen LogP contribution in [-0.2, 0) is 30.4 Å². The number of rotatable bonds is 9. The van der Waals surface area contributed by atoms with Crippen molar-refractivity contribution in [1.29, 1.82) is 0 Å². The summed E-state index contributed by atoms with van der Waals surface area (Å²) in [5.74, 6) is -4.55. The number of hydroxylamine groups is 2. The molecule has 34 heavy (non-hydrogen) atoms. The molecule has 2 rings (SSSR count). The molecule has 12 nitrogen and oxygen atoms in total. The summed E-state index contributed by atoms with van der Waals surface area (Å²) in [5.41, 5.74) is -0.980. The number of hydrogen-bond acceptors (Lipinski definition) is 8. The number of phosphoric acid groups is 1. The fourth-order valence-electron chi connectivity index (χ4n) is 2.90. The summed E-state index contributed by atoms with van der Waals surface area (Å²) < 4.78 is 70.5. The van der Waals surface area contributed by atoms with Gasteiger partial charge in [0.25, 0.3) is 11.5 Å². The van der Waals surface area contributed by atoms with Crippen LogP contribution in [0.1, 0.15) is 13.3 Å². The molecule has 1 aromatic carbocycles.